The molecule has 0 saturated heterocycles. The second kappa shape index (κ2) is 8.70. The third kappa shape index (κ3) is 4.95. The van der Waals surface area contributed by atoms with Crippen LogP contribution in [0.3, 0.4) is 0 Å². The first-order valence-electron chi connectivity index (χ1n) is 7.22. The number of imidazole rings is 1. The van der Waals surface area contributed by atoms with Crippen molar-refractivity contribution in [1.82, 2.24) is 9.55 Å². The summed E-state index contributed by atoms with van der Waals surface area (Å²) in [5.74, 6) is 0.295. The summed E-state index contributed by atoms with van der Waals surface area (Å²) in [7, 11) is 1.68. The van der Waals surface area contributed by atoms with Crippen molar-refractivity contribution in [3.63, 3.8) is 0 Å². The fourth-order valence-electron chi connectivity index (χ4n) is 2.06. The summed E-state index contributed by atoms with van der Waals surface area (Å²) in [6.07, 6.45) is 0. The highest BCUT2D eigenvalue weighted by Crippen LogP contribution is 2.22. The second-order valence-corrected chi connectivity index (χ2v) is 7.13. The van der Waals surface area contributed by atoms with E-state index in [0.717, 1.165) is 32.3 Å². The molecule has 0 spiro atoms. The second-order valence-electron chi connectivity index (χ2n) is 5.03. The smallest absolute Gasteiger partial charge is 0.234 e. The molecule has 0 fully saturated rings. The highest BCUT2D eigenvalue weighted by molar-refractivity contribution is 14.1. The van der Waals surface area contributed by atoms with Gasteiger partial charge < -0.3 is 14.6 Å². The number of nitrogens with zero attached hydrogens (tertiary/aromatic N) is 2. The number of aryl methyl sites for hydroxylation is 1. The Morgan fingerprint density at radius 1 is 1.39 bits per heavy atom. The lowest BCUT2D eigenvalue weighted by molar-refractivity contribution is -0.113. The Kier molecular flexibility index (Phi) is 6.91. The number of rotatable bonds is 7. The third-order valence-corrected chi connectivity index (χ3v) is 5.34. The van der Waals surface area contributed by atoms with Gasteiger partial charge in [0.1, 0.15) is 0 Å². The SMILES string of the molecule is COCCn1c(SCC(=O)Nc2ccccc2I)nc(C)c1C. The zero-order valence-electron chi connectivity index (χ0n) is 13.4. The molecule has 0 aliphatic heterocycles. The van der Waals surface area contributed by atoms with Gasteiger partial charge in [-0.25, -0.2) is 4.98 Å². The molecule has 23 heavy (non-hydrogen) atoms. The molecule has 1 amide bonds. The molecule has 0 saturated carbocycles. The van der Waals surface area contributed by atoms with Gasteiger partial charge in [-0.05, 0) is 48.6 Å². The van der Waals surface area contributed by atoms with Crippen molar-refractivity contribution in [1.29, 1.82) is 0 Å². The van der Waals surface area contributed by atoms with Gasteiger partial charge >= 0.3 is 0 Å². The molecule has 1 heterocycles. The average Bonchev–Trinajstić information content (AvgIpc) is 2.80. The lowest BCUT2D eigenvalue weighted by Gasteiger charge is -2.10. The van der Waals surface area contributed by atoms with E-state index in [0.29, 0.717) is 12.4 Å². The highest BCUT2D eigenvalue weighted by Gasteiger charge is 2.13. The first-order valence-corrected chi connectivity index (χ1v) is 9.29. The Morgan fingerprint density at radius 2 is 2.13 bits per heavy atom. The van der Waals surface area contributed by atoms with Gasteiger partial charge in [0, 0.05) is 22.9 Å². The van der Waals surface area contributed by atoms with Crippen molar-refractivity contribution < 1.29 is 9.53 Å². The molecule has 7 heteroatoms. The van der Waals surface area contributed by atoms with E-state index in [9.17, 15) is 4.79 Å². The maximum atomic E-state index is 12.2. The number of carbonyl (C=O) groups excluding carboxylic acids is 1. The number of halogens is 1. The number of benzene rings is 1. The number of thioether (sulfide) groups is 1. The number of carbonyl (C=O) groups is 1. The van der Waals surface area contributed by atoms with Crippen LogP contribution < -0.4 is 5.32 Å². The van der Waals surface area contributed by atoms with Crippen LogP contribution in [0.4, 0.5) is 5.69 Å². The van der Waals surface area contributed by atoms with Crippen molar-refractivity contribution in [2.75, 3.05) is 24.8 Å². The van der Waals surface area contributed by atoms with E-state index in [4.69, 9.17) is 4.74 Å². The van der Waals surface area contributed by atoms with Gasteiger partial charge in [0.25, 0.3) is 0 Å². The third-order valence-electron chi connectivity index (χ3n) is 3.42. The molecule has 1 aromatic carbocycles. The van der Waals surface area contributed by atoms with Crippen LogP contribution in [0.15, 0.2) is 29.4 Å². The normalized spacial score (nSPS) is 10.8. The number of ether oxygens (including phenoxy) is 1. The van der Waals surface area contributed by atoms with Crippen LogP contribution >= 0.6 is 34.4 Å². The van der Waals surface area contributed by atoms with E-state index < -0.39 is 0 Å². The minimum Gasteiger partial charge on any atom is -0.383 e. The first-order chi connectivity index (χ1) is 11.0. The van der Waals surface area contributed by atoms with Gasteiger partial charge in [0.15, 0.2) is 5.16 Å². The lowest BCUT2D eigenvalue weighted by Crippen LogP contribution is -2.15. The molecule has 2 rings (SSSR count). The quantitative estimate of drug-likeness (QED) is 0.524. The molecule has 0 bridgehead atoms. The summed E-state index contributed by atoms with van der Waals surface area (Å²) in [6.45, 7) is 5.38. The van der Waals surface area contributed by atoms with Crippen LogP contribution in [0.2, 0.25) is 0 Å². The fraction of sp³-hybridized carbons (Fsp3) is 0.375. The molecule has 0 aliphatic rings. The lowest BCUT2D eigenvalue weighted by atomic mass is 10.3. The molecule has 0 unspecified atom stereocenters. The molecule has 5 nitrogen and oxygen atoms in total. The van der Waals surface area contributed by atoms with E-state index in [1.54, 1.807) is 7.11 Å². The summed E-state index contributed by atoms with van der Waals surface area (Å²) < 4.78 is 8.27. The van der Waals surface area contributed by atoms with Gasteiger partial charge in [0.05, 0.1) is 23.7 Å². The number of hydrogen-bond donors (Lipinski definition) is 1. The summed E-state index contributed by atoms with van der Waals surface area (Å²) in [5.41, 5.74) is 2.94. The average molecular weight is 445 g/mol. The molecule has 0 radical (unpaired) electrons. The van der Waals surface area contributed by atoms with Crippen LogP contribution in [-0.2, 0) is 16.1 Å². The molecule has 0 aliphatic carbocycles. The summed E-state index contributed by atoms with van der Waals surface area (Å²) in [4.78, 5) is 16.7. The molecule has 1 N–H and O–H groups in total. The summed E-state index contributed by atoms with van der Waals surface area (Å²) in [6, 6.07) is 7.73. The molecular formula is C16H20IN3O2S. The zero-order chi connectivity index (χ0) is 16.8. The monoisotopic (exact) mass is 445 g/mol. The molecule has 1 aromatic heterocycles. The molecule has 0 atom stereocenters. The van der Waals surface area contributed by atoms with Gasteiger partial charge in [-0.2, -0.15) is 0 Å². The maximum absolute atomic E-state index is 12.2. The van der Waals surface area contributed by atoms with Crippen LogP contribution in [0.25, 0.3) is 0 Å². The van der Waals surface area contributed by atoms with E-state index in [1.165, 1.54) is 11.8 Å². The number of aromatic nitrogens is 2. The Labute approximate surface area is 154 Å². The Bertz CT molecular complexity index is 688. The molecule has 124 valence electrons. The molecular weight excluding hydrogens is 425 g/mol. The van der Waals surface area contributed by atoms with Crippen molar-refractivity contribution in [3.8, 4) is 0 Å². The Morgan fingerprint density at radius 3 is 2.83 bits per heavy atom. The standard InChI is InChI=1S/C16H20IN3O2S/c1-11-12(2)20(8-9-22-3)16(18-11)23-10-15(21)19-14-7-5-4-6-13(14)17/h4-7H,8-10H2,1-3H3,(H,19,21). The van der Waals surface area contributed by atoms with E-state index in [-0.39, 0.29) is 5.91 Å². The number of para-hydroxylation sites is 1. The van der Waals surface area contributed by atoms with Crippen molar-refractivity contribution in [2.24, 2.45) is 0 Å². The van der Waals surface area contributed by atoms with Crippen LogP contribution in [0, 0.1) is 17.4 Å². The van der Waals surface area contributed by atoms with Crippen LogP contribution in [0.5, 0.6) is 0 Å². The Balaban J connectivity index is 1.99. The topological polar surface area (TPSA) is 56.1 Å². The fourth-order valence-corrected chi connectivity index (χ4v) is 3.50. The van der Waals surface area contributed by atoms with Crippen molar-refractivity contribution in [2.45, 2.75) is 25.5 Å². The number of amides is 1. The van der Waals surface area contributed by atoms with Gasteiger partial charge in [-0.15, -0.1) is 0 Å². The van der Waals surface area contributed by atoms with E-state index >= 15 is 0 Å². The first kappa shape index (κ1) is 18.3. The number of nitrogens with one attached hydrogen (secondary N) is 1. The predicted octanol–water partition coefficient (Wildman–Crippen LogP) is 3.48. The van der Waals surface area contributed by atoms with E-state index in [1.807, 2.05) is 38.1 Å². The number of methoxy groups -OCH3 is 1. The minimum atomic E-state index is -0.0317. The Hall–Kier alpha value is -1.06. The summed E-state index contributed by atoms with van der Waals surface area (Å²) >= 11 is 3.66. The van der Waals surface area contributed by atoms with Crippen LogP contribution in [0.1, 0.15) is 11.4 Å². The minimum absolute atomic E-state index is 0.0317. The van der Waals surface area contributed by atoms with Crippen molar-refractivity contribution in [3.05, 3.63) is 39.2 Å². The largest absolute Gasteiger partial charge is 0.383 e. The van der Waals surface area contributed by atoms with Crippen molar-refractivity contribution >= 4 is 45.9 Å². The van der Waals surface area contributed by atoms with E-state index in [2.05, 4.69) is 37.5 Å². The van der Waals surface area contributed by atoms with Gasteiger partial charge in [0.2, 0.25) is 5.91 Å². The van der Waals surface area contributed by atoms with Gasteiger partial charge in [-0.3, -0.25) is 4.79 Å². The zero-order valence-corrected chi connectivity index (χ0v) is 16.4. The number of anilines is 1. The highest BCUT2D eigenvalue weighted by atomic mass is 127. The summed E-state index contributed by atoms with van der Waals surface area (Å²) in [5, 5.41) is 3.79. The number of hydrogen-bond acceptors (Lipinski definition) is 4. The predicted molar refractivity (Wildman–Crippen MR) is 102 cm³/mol. The maximum Gasteiger partial charge on any atom is 0.234 e. The van der Waals surface area contributed by atoms with Gasteiger partial charge in [-0.1, -0.05) is 23.9 Å². The molecule has 2 aromatic rings. The van der Waals surface area contributed by atoms with Crippen LogP contribution in [-0.4, -0.2) is 34.9 Å².